The van der Waals surface area contributed by atoms with Crippen molar-refractivity contribution in [2.45, 2.75) is 13.8 Å². The van der Waals surface area contributed by atoms with Crippen LogP contribution < -0.4 is 0 Å². The summed E-state index contributed by atoms with van der Waals surface area (Å²) in [5.74, 6) is 1.32. The van der Waals surface area contributed by atoms with Crippen molar-refractivity contribution in [3.63, 3.8) is 0 Å². The Morgan fingerprint density at radius 3 is 2.27 bits per heavy atom. The molecule has 0 bridgehead atoms. The maximum Gasteiger partial charge on any atom is 0.0224 e. The van der Waals surface area contributed by atoms with E-state index in [1.54, 1.807) is 0 Å². The number of hydrogen-bond acceptors (Lipinski definition) is 0. The van der Waals surface area contributed by atoms with E-state index in [4.69, 9.17) is 0 Å². The molecule has 0 aliphatic heterocycles. The van der Waals surface area contributed by atoms with E-state index in [2.05, 4.69) is 57.8 Å². The summed E-state index contributed by atoms with van der Waals surface area (Å²) in [5, 5.41) is 0. The molecule has 1 aromatic carbocycles. The number of hydrogen-bond donors (Lipinski definition) is 0. The van der Waals surface area contributed by atoms with Crippen LogP contribution in [-0.4, -0.2) is 0 Å². The smallest absolute Gasteiger partial charge is 0.0224 e. The summed E-state index contributed by atoms with van der Waals surface area (Å²) < 4.78 is 2.25. The minimum Gasteiger partial charge on any atom is -0.0562 e. The lowest BCUT2D eigenvalue weighted by molar-refractivity contribution is 1.14. The van der Waals surface area contributed by atoms with Crippen LogP contribution in [0.5, 0.6) is 0 Å². The molecule has 2 heteroatoms. The van der Waals surface area contributed by atoms with Crippen LogP contribution >= 0.6 is 31.9 Å². The van der Waals surface area contributed by atoms with Gasteiger partial charge in [0.05, 0.1) is 0 Å². The van der Waals surface area contributed by atoms with Crippen molar-refractivity contribution in [3.05, 3.63) is 38.6 Å². The van der Waals surface area contributed by atoms with Crippen LogP contribution in [0, 0.1) is 5.92 Å². The third kappa shape index (κ3) is 2.31. The van der Waals surface area contributed by atoms with Crippen molar-refractivity contribution in [3.8, 4) is 0 Å². The van der Waals surface area contributed by atoms with Crippen LogP contribution in [0.3, 0.4) is 0 Å². The Balaban J connectivity index is 3.09. The highest BCUT2D eigenvalue weighted by atomic mass is 79.9. The lowest BCUT2D eigenvalue weighted by atomic mass is 10.0. The van der Waals surface area contributed by atoms with Gasteiger partial charge in [-0.3, -0.25) is 0 Å². The van der Waals surface area contributed by atoms with Gasteiger partial charge in [0.2, 0.25) is 0 Å². The second-order valence-corrected chi connectivity index (χ2v) is 4.39. The molecule has 11 heavy (non-hydrogen) atoms. The Kier molecular flexibility index (Phi) is 3.14. The molecule has 0 spiro atoms. The molecule has 1 radical (unpaired) electrons. The van der Waals surface area contributed by atoms with Crippen molar-refractivity contribution in [1.29, 1.82) is 0 Å². The molecule has 0 N–H and O–H groups in total. The van der Waals surface area contributed by atoms with Crippen molar-refractivity contribution in [2.24, 2.45) is 0 Å². The SMILES string of the molecule is C[C](C)c1ccc(Br)cc1Br. The van der Waals surface area contributed by atoms with E-state index in [9.17, 15) is 0 Å². The van der Waals surface area contributed by atoms with Gasteiger partial charge >= 0.3 is 0 Å². The van der Waals surface area contributed by atoms with Gasteiger partial charge in [0.15, 0.2) is 0 Å². The Labute approximate surface area is 84.3 Å². The zero-order valence-corrected chi connectivity index (χ0v) is 9.66. The summed E-state index contributed by atoms with van der Waals surface area (Å²) in [6, 6.07) is 6.21. The van der Waals surface area contributed by atoms with Gasteiger partial charge in [0, 0.05) is 8.95 Å². The molecular weight excluding hydrogens is 268 g/mol. The van der Waals surface area contributed by atoms with Crippen LogP contribution in [-0.2, 0) is 0 Å². The fraction of sp³-hybridized carbons (Fsp3) is 0.222. The molecule has 59 valence electrons. The van der Waals surface area contributed by atoms with Gasteiger partial charge in [-0.15, -0.1) is 0 Å². The molecule has 0 saturated heterocycles. The predicted molar refractivity (Wildman–Crippen MR) is 55.5 cm³/mol. The van der Waals surface area contributed by atoms with Crippen molar-refractivity contribution >= 4 is 31.9 Å². The molecule has 0 saturated carbocycles. The second kappa shape index (κ2) is 3.72. The zero-order valence-electron chi connectivity index (χ0n) is 6.49. The van der Waals surface area contributed by atoms with E-state index in [1.165, 1.54) is 11.5 Å². The summed E-state index contributed by atoms with van der Waals surface area (Å²) in [7, 11) is 0. The average Bonchev–Trinajstić information content (AvgIpc) is 1.85. The Hall–Kier alpha value is 0.180. The molecule has 0 fully saturated rings. The fourth-order valence-electron chi connectivity index (χ4n) is 0.895. The zero-order chi connectivity index (χ0) is 8.43. The number of benzene rings is 1. The molecule has 0 atom stereocenters. The lowest BCUT2D eigenvalue weighted by Crippen LogP contribution is -1.88. The van der Waals surface area contributed by atoms with E-state index in [0.717, 1.165) is 8.95 Å². The van der Waals surface area contributed by atoms with E-state index >= 15 is 0 Å². The number of halogens is 2. The van der Waals surface area contributed by atoms with Gasteiger partial charge in [-0.2, -0.15) is 0 Å². The highest BCUT2D eigenvalue weighted by Crippen LogP contribution is 2.26. The Bertz CT molecular complexity index is 254. The largest absolute Gasteiger partial charge is 0.0562 e. The molecule has 0 amide bonds. The molecule has 0 heterocycles. The van der Waals surface area contributed by atoms with Crippen molar-refractivity contribution in [2.75, 3.05) is 0 Å². The predicted octanol–water partition coefficient (Wildman–Crippen LogP) is 4.17. The molecule has 0 aliphatic rings. The van der Waals surface area contributed by atoms with Crippen molar-refractivity contribution in [1.82, 2.24) is 0 Å². The van der Waals surface area contributed by atoms with E-state index in [-0.39, 0.29) is 0 Å². The van der Waals surface area contributed by atoms with Gasteiger partial charge < -0.3 is 0 Å². The van der Waals surface area contributed by atoms with Gasteiger partial charge in [0.25, 0.3) is 0 Å². The van der Waals surface area contributed by atoms with Gasteiger partial charge in [-0.05, 0) is 23.6 Å². The van der Waals surface area contributed by atoms with E-state index in [1.807, 2.05) is 6.07 Å². The highest BCUT2D eigenvalue weighted by Gasteiger charge is 2.03. The standard InChI is InChI=1S/C9H9Br2/c1-6(2)8-4-3-7(10)5-9(8)11/h3-5H,1-2H3. The first-order valence-electron chi connectivity index (χ1n) is 3.37. The van der Waals surface area contributed by atoms with Crippen LogP contribution in [0.25, 0.3) is 0 Å². The first-order valence-corrected chi connectivity index (χ1v) is 4.95. The van der Waals surface area contributed by atoms with Crippen LogP contribution in [0.4, 0.5) is 0 Å². The molecule has 1 rings (SSSR count). The minimum atomic E-state index is 1.11. The van der Waals surface area contributed by atoms with Crippen LogP contribution in [0.2, 0.25) is 0 Å². The molecule has 0 aliphatic carbocycles. The average molecular weight is 277 g/mol. The topological polar surface area (TPSA) is 0 Å². The first-order chi connectivity index (χ1) is 5.11. The summed E-state index contributed by atoms with van der Waals surface area (Å²) in [4.78, 5) is 0. The molecular formula is C9H9Br2. The molecule has 0 unspecified atom stereocenters. The molecule has 1 aromatic rings. The summed E-state index contributed by atoms with van der Waals surface area (Å²) in [6.45, 7) is 4.21. The Morgan fingerprint density at radius 2 is 1.82 bits per heavy atom. The van der Waals surface area contributed by atoms with Crippen LogP contribution in [0.15, 0.2) is 27.1 Å². The van der Waals surface area contributed by atoms with Gasteiger partial charge in [-0.25, -0.2) is 0 Å². The summed E-state index contributed by atoms with van der Waals surface area (Å²) in [5.41, 5.74) is 1.27. The number of rotatable bonds is 1. The monoisotopic (exact) mass is 275 g/mol. The lowest BCUT2D eigenvalue weighted by Gasteiger charge is -2.06. The molecule has 0 nitrogen and oxygen atoms in total. The normalized spacial score (nSPS) is 10.6. The minimum absolute atomic E-state index is 1.11. The third-order valence-corrected chi connectivity index (χ3v) is 2.62. The van der Waals surface area contributed by atoms with Crippen molar-refractivity contribution < 1.29 is 0 Å². The Morgan fingerprint density at radius 1 is 1.18 bits per heavy atom. The maximum atomic E-state index is 3.50. The van der Waals surface area contributed by atoms with Gasteiger partial charge in [-0.1, -0.05) is 51.8 Å². The highest BCUT2D eigenvalue weighted by molar-refractivity contribution is 9.11. The first kappa shape index (κ1) is 9.27. The maximum absolute atomic E-state index is 3.50. The third-order valence-electron chi connectivity index (χ3n) is 1.47. The summed E-state index contributed by atoms with van der Waals surface area (Å²) in [6.07, 6.45) is 0. The van der Waals surface area contributed by atoms with E-state index in [0.29, 0.717) is 0 Å². The quantitative estimate of drug-likeness (QED) is 0.722. The van der Waals surface area contributed by atoms with E-state index < -0.39 is 0 Å². The van der Waals surface area contributed by atoms with Gasteiger partial charge in [0.1, 0.15) is 0 Å². The second-order valence-electron chi connectivity index (χ2n) is 2.62. The van der Waals surface area contributed by atoms with Crippen LogP contribution in [0.1, 0.15) is 19.4 Å². The summed E-state index contributed by atoms with van der Waals surface area (Å²) >= 11 is 6.90. The molecule has 0 aromatic heterocycles. The fourth-order valence-corrected chi connectivity index (χ4v) is 2.34.